The lowest BCUT2D eigenvalue weighted by Crippen LogP contribution is -2.44. The Kier molecular flexibility index (Phi) is 6.40. The van der Waals surface area contributed by atoms with Crippen molar-refractivity contribution in [3.63, 3.8) is 0 Å². The number of H-pyrrole nitrogens is 1. The van der Waals surface area contributed by atoms with Crippen molar-refractivity contribution >= 4 is 29.0 Å². The maximum Gasteiger partial charge on any atom is 0.306 e. The number of hydrogen-bond acceptors (Lipinski definition) is 4. The minimum Gasteiger partial charge on any atom is -0.481 e. The van der Waals surface area contributed by atoms with Crippen LogP contribution < -0.4 is 11.0 Å². The molecular weight excluding hydrogens is 402 g/mol. The second-order valence-corrected chi connectivity index (χ2v) is 8.12. The van der Waals surface area contributed by atoms with Gasteiger partial charge in [-0.3, -0.25) is 20.1 Å². The average Bonchev–Trinajstić information content (AvgIpc) is 3.02. The van der Waals surface area contributed by atoms with Crippen LogP contribution in [-0.4, -0.2) is 49.7 Å². The number of carbonyl (C=O) groups is 1. The summed E-state index contributed by atoms with van der Waals surface area (Å²) < 4.78 is 1.52. The van der Waals surface area contributed by atoms with Crippen molar-refractivity contribution in [2.45, 2.75) is 40.5 Å². The normalized spacial score (nSPS) is 15.3. The van der Waals surface area contributed by atoms with Gasteiger partial charge >= 0.3 is 5.97 Å². The predicted molar refractivity (Wildman–Crippen MR) is 120 cm³/mol. The van der Waals surface area contributed by atoms with Crippen molar-refractivity contribution in [1.82, 2.24) is 20.1 Å². The van der Waals surface area contributed by atoms with E-state index in [9.17, 15) is 9.59 Å². The lowest BCUT2D eigenvalue weighted by Gasteiger charge is -2.31. The fourth-order valence-corrected chi connectivity index (χ4v) is 3.84. The number of carboxylic acid groups (broad SMARTS) is 1. The topological polar surface area (TPSA) is 103 Å². The van der Waals surface area contributed by atoms with Gasteiger partial charge in [-0.25, -0.2) is 4.68 Å². The van der Waals surface area contributed by atoms with Gasteiger partial charge in [0.25, 0.3) is 5.56 Å². The average molecular weight is 430 g/mol. The number of likely N-dealkylation sites (tertiary alicyclic amines) is 1. The molecule has 0 bridgehead atoms. The number of carboxylic acids is 1. The molecule has 1 aliphatic rings. The number of thiocarbonyl (C=S) groups is 1. The Balaban J connectivity index is 1.74. The summed E-state index contributed by atoms with van der Waals surface area (Å²) >= 11 is 5.39. The third-order valence-electron chi connectivity index (χ3n) is 5.63. The van der Waals surface area contributed by atoms with Gasteiger partial charge in [0.2, 0.25) is 0 Å². The Morgan fingerprint density at radius 2 is 1.90 bits per heavy atom. The van der Waals surface area contributed by atoms with Gasteiger partial charge in [-0.05, 0) is 76.0 Å². The van der Waals surface area contributed by atoms with Gasteiger partial charge in [-0.2, -0.15) is 5.10 Å². The fraction of sp³-hybridized carbons (Fsp3) is 0.429. The maximum absolute atomic E-state index is 13.0. The van der Waals surface area contributed by atoms with Crippen LogP contribution in [0.1, 0.15) is 42.1 Å². The molecule has 3 N–H and O–H groups in total. The molecule has 1 saturated heterocycles. The van der Waals surface area contributed by atoms with E-state index in [0.717, 1.165) is 22.5 Å². The first-order valence-corrected chi connectivity index (χ1v) is 10.3. The summed E-state index contributed by atoms with van der Waals surface area (Å²) in [4.78, 5) is 26.0. The molecule has 0 amide bonds. The van der Waals surface area contributed by atoms with E-state index < -0.39 is 5.97 Å². The molecule has 2 heterocycles. The highest BCUT2D eigenvalue weighted by molar-refractivity contribution is 7.80. The van der Waals surface area contributed by atoms with Crippen molar-refractivity contribution in [2.24, 2.45) is 11.0 Å². The van der Waals surface area contributed by atoms with Crippen molar-refractivity contribution in [2.75, 3.05) is 13.1 Å². The Morgan fingerprint density at radius 1 is 1.23 bits per heavy atom. The summed E-state index contributed by atoms with van der Waals surface area (Å²) in [6.07, 6.45) is 1.11. The van der Waals surface area contributed by atoms with E-state index in [1.54, 1.807) is 6.92 Å². The van der Waals surface area contributed by atoms with Gasteiger partial charge < -0.3 is 10.0 Å². The van der Waals surface area contributed by atoms with E-state index in [1.807, 2.05) is 43.9 Å². The molecule has 0 aliphatic carbocycles. The second kappa shape index (κ2) is 8.83. The van der Waals surface area contributed by atoms with Crippen LogP contribution in [-0.2, 0) is 4.79 Å². The second-order valence-electron chi connectivity index (χ2n) is 7.73. The molecule has 8 nitrogen and oxygen atoms in total. The monoisotopic (exact) mass is 429 g/mol. The molecule has 0 radical (unpaired) electrons. The summed E-state index contributed by atoms with van der Waals surface area (Å²) in [6.45, 7) is 8.78. The predicted octanol–water partition coefficient (Wildman–Crippen LogP) is 2.49. The van der Waals surface area contributed by atoms with Gasteiger partial charge in [0.1, 0.15) is 0 Å². The summed E-state index contributed by atoms with van der Waals surface area (Å²) in [5, 5.41) is 17.0. The molecule has 1 aromatic carbocycles. The third kappa shape index (κ3) is 4.46. The van der Waals surface area contributed by atoms with Gasteiger partial charge in [-0.15, -0.1) is 0 Å². The molecule has 0 unspecified atom stereocenters. The Bertz CT molecular complexity index is 1060. The van der Waals surface area contributed by atoms with E-state index in [1.165, 1.54) is 4.68 Å². The zero-order valence-electron chi connectivity index (χ0n) is 17.7. The van der Waals surface area contributed by atoms with Gasteiger partial charge in [0.15, 0.2) is 5.11 Å². The maximum atomic E-state index is 13.0. The van der Waals surface area contributed by atoms with Gasteiger partial charge in [-0.1, -0.05) is 6.07 Å². The van der Waals surface area contributed by atoms with Gasteiger partial charge in [0.05, 0.1) is 22.9 Å². The number of aromatic nitrogens is 2. The number of nitrogens with zero attached hydrogens (tertiary/aromatic N) is 3. The van der Waals surface area contributed by atoms with Crippen LogP contribution in [0.2, 0.25) is 0 Å². The van der Waals surface area contributed by atoms with E-state index in [2.05, 4.69) is 15.6 Å². The number of aromatic amines is 1. The van der Waals surface area contributed by atoms with E-state index in [4.69, 9.17) is 17.3 Å². The number of hydrogen-bond donors (Lipinski definition) is 3. The summed E-state index contributed by atoms with van der Waals surface area (Å²) in [6, 6.07) is 5.86. The summed E-state index contributed by atoms with van der Waals surface area (Å²) in [7, 11) is 0. The molecule has 1 aromatic heterocycles. The van der Waals surface area contributed by atoms with E-state index >= 15 is 0 Å². The number of hydrazone groups is 1. The first-order valence-electron chi connectivity index (χ1n) is 9.90. The highest BCUT2D eigenvalue weighted by atomic mass is 32.1. The number of piperidine rings is 1. The smallest absolute Gasteiger partial charge is 0.306 e. The van der Waals surface area contributed by atoms with Crippen molar-refractivity contribution in [1.29, 1.82) is 0 Å². The van der Waals surface area contributed by atoms with Crippen LogP contribution >= 0.6 is 12.2 Å². The molecule has 0 spiro atoms. The molecule has 1 aliphatic heterocycles. The van der Waals surface area contributed by atoms with Crippen LogP contribution in [0, 0.1) is 26.7 Å². The molecule has 2 aromatic rings. The molecule has 0 saturated carbocycles. The minimum absolute atomic E-state index is 0.174. The van der Waals surface area contributed by atoms with E-state index in [-0.39, 0.29) is 11.5 Å². The summed E-state index contributed by atoms with van der Waals surface area (Å²) in [5.74, 6) is -1.08. The molecule has 3 rings (SSSR count). The molecule has 1 fully saturated rings. The van der Waals surface area contributed by atoms with Crippen molar-refractivity contribution in [3.05, 3.63) is 50.9 Å². The Labute approximate surface area is 180 Å². The lowest BCUT2D eigenvalue weighted by molar-refractivity contribution is -0.143. The lowest BCUT2D eigenvalue weighted by atomic mass is 9.97. The third-order valence-corrected chi connectivity index (χ3v) is 5.98. The highest BCUT2D eigenvalue weighted by Gasteiger charge is 2.25. The molecular formula is C21H27N5O3S. The quantitative estimate of drug-likeness (QED) is 0.392. The van der Waals surface area contributed by atoms with Crippen LogP contribution in [0.4, 0.5) is 0 Å². The zero-order chi connectivity index (χ0) is 22.0. The fourth-order valence-electron chi connectivity index (χ4n) is 3.61. The Morgan fingerprint density at radius 3 is 2.50 bits per heavy atom. The summed E-state index contributed by atoms with van der Waals surface area (Å²) in [5.41, 5.74) is 7.46. The SMILES string of the molecule is C/C(=N/NC(=S)N1CCC(C(=O)O)CC1)c1c(C)[nH]n(-c2ccc(C)c(C)c2)c1=O. The molecule has 160 valence electrons. The van der Waals surface area contributed by atoms with Crippen molar-refractivity contribution < 1.29 is 9.90 Å². The number of aliphatic carboxylic acids is 1. The number of aryl methyl sites for hydroxylation is 3. The number of benzene rings is 1. The minimum atomic E-state index is -0.759. The Hall–Kier alpha value is -2.94. The molecule has 0 atom stereocenters. The van der Waals surface area contributed by atoms with Crippen LogP contribution in [0.5, 0.6) is 0 Å². The van der Waals surface area contributed by atoms with Crippen molar-refractivity contribution in [3.8, 4) is 5.69 Å². The van der Waals surface area contributed by atoms with Crippen LogP contribution in [0.15, 0.2) is 28.1 Å². The standard InChI is InChI=1S/C21H27N5O3S/c1-12-5-6-17(11-13(12)2)26-19(27)18(15(4)24-26)14(3)22-23-21(30)25-9-7-16(8-10-25)20(28)29/h5-6,11,16,24H,7-10H2,1-4H3,(H,23,30)(H,28,29)/b22-14-. The molecule has 30 heavy (non-hydrogen) atoms. The highest BCUT2D eigenvalue weighted by Crippen LogP contribution is 2.17. The largest absolute Gasteiger partial charge is 0.481 e. The van der Waals surface area contributed by atoms with E-state index in [0.29, 0.717) is 42.3 Å². The number of nitrogens with one attached hydrogen (secondary N) is 2. The first-order chi connectivity index (χ1) is 14.2. The zero-order valence-corrected chi connectivity index (χ0v) is 18.5. The number of rotatable bonds is 4. The molecule has 9 heteroatoms. The van der Waals surface area contributed by atoms with Crippen LogP contribution in [0.25, 0.3) is 5.69 Å². The first kappa shape index (κ1) is 21.8. The van der Waals surface area contributed by atoms with Gasteiger partial charge in [0, 0.05) is 18.8 Å². The van der Waals surface area contributed by atoms with Crippen LogP contribution in [0.3, 0.4) is 0 Å².